The molecule has 0 bridgehead atoms. The summed E-state index contributed by atoms with van der Waals surface area (Å²) in [5, 5.41) is 0. The molecule has 0 spiro atoms. The molecule has 1 aliphatic carbocycles. The van der Waals surface area contributed by atoms with Gasteiger partial charge in [-0.2, -0.15) is 0 Å². The quantitative estimate of drug-likeness (QED) is 0.568. The highest BCUT2D eigenvalue weighted by Crippen LogP contribution is 1.90. The van der Waals surface area contributed by atoms with Crippen LogP contribution in [-0.4, -0.2) is 30.9 Å². The zero-order chi connectivity index (χ0) is 13.8. The molecule has 1 aliphatic rings. The molecule has 0 heterocycles. The van der Waals surface area contributed by atoms with Crippen molar-refractivity contribution in [3.63, 3.8) is 0 Å². The number of carbonyl (C=O) groups excluding carboxylic acids is 3. The van der Waals surface area contributed by atoms with Crippen LogP contribution in [0.3, 0.4) is 0 Å². The number of ether oxygens (including phenoxy) is 2. The zero-order valence-corrected chi connectivity index (χ0v) is 10.7. The number of carbonyl (C=O) groups is 3. The van der Waals surface area contributed by atoms with Gasteiger partial charge in [0, 0.05) is 0 Å². The minimum atomic E-state index is -0.552. The summed E-state index contributed by atoms with van der Waals surface area (Å²) in [6.07, 6.45) is 6.13. The Bertz CT molecular complexity index is 293. The van der Waals surface area contributed by atoms with Gasteiger partial charge in [-0.05, 0) is 37.1 Å². The molecular weight excluding hydrogens is 236 g/mol. The maximum absolute atomic E-state index is 10.5. The Hall–Kier alpha value is -1.91. The van der Waals surface area contributed by atoms with Crippen LogP contribution >= 0.6 is 0 Å². The lowest BCUT2D eigenvalue weighted by molar-refractivity contribution is -0.113. The molecule has 5 nitrogen and oxygen atoms in total. The Morgan fingerprint density at radius 1 is 0.889 bits per heavy atom. The van der Waals surface area contributed by atoms with E-state index in [1.807, 2.05) is 13.8 Å². The van der Waals surface area contributed by atoms with Gasteiger partial charge >= 0.3 is 6.16 Å². The molecule has 0 saturated carbocycles. The van der Waals surface area contributed by atoms with Gasteiger partial charge in [-0.15, -0.1) is 0 Å². The van der Waals surface area contributed by atoms with Gasteiger partial charge < -0.3 is 9.47 Å². The highest BCUT2D eigenvalue weighted by Gasteiger charge is 1.99. The van der Waals surface area contributed by atoms with Gasteiger partial charge in [-0.25, -0.2) is 4.79 Å². The van der Waals surface area contributed by atoms with Gasteiger partial charge in [-0.3, -0.25) is 9.59 Å². The summed E-state index contributed by atoms with van der Waals surface area (Å²) in [6, 6.07) is 0. The molecule has 0 fully saturated rings. The third-order valence-electron chi connectivity index (χ3n) is 1.67. The molecule has 0 aliphatic heterocycles. The second-order valence-corrected chi connectivity index (χ2v) is 3.42. The predicted molar refractivity (Wildman–Crippen MR) is 66.2 cm³/mol. The molecule has 0 amide bonds. The first-order valence-corrected chi connectivity index (χ1v) is 5.83. The van der Waals surface area contributed by atoms with Crippen LogP contribution in [0.5, 0.6) is 0 Å². The first-order chi connectivity index (χ1) is 8.60. The molecule has 0 aromatic carbocycles. The van der Waals surface area contributed by atoms with Gasteiger partial charge in [0.2, 0.25) is 0 Å². The smallest absolute Gasteiger partial charge is 0.434 e. The monoisotopic (exact) mass is 254 g/mol. The van der Waals surface area contributed by atoms with Crippen LogP contribution in [0.25, 0.3) is 0 Å². The van der Waals surface area contributed by atoms with Crippen molar-refractivity contribution in [1.82, 2.24) is 0 Å². The van der Waals surface area contributed by atoms with Gasteiger partial charge in [-0.1, -0.05) is 13.8 Å². The van der Waals surface area contributed by atoms with E-state index in [2.05, 4.69) is 9.47 Å². The van der Waals surface area contributed by atoms with E-state index in [-0.39, 0.29) is 11.6 Å². The molecule has 100 valence electrons. The molecule has 0 atom stereocenters. The van der Waals surface area contributed by atoms with E-state index in [0.29, 0.717) is 13.2 Å². The maximum atomic E-state index is 10.5. The maximum Gasteiger partial charge on any atom is 0.508 e. The first-order valence-electron chi connectivity index (χ1n) is 5.83. The van der Waals surface area contributed by atoms with Crippen molar-refractivity contribution in [3.8, 4) is 0 Å². The predicted octanol–water partition coefficient (Wildman–Crippen LogP) is 2.21. The lowest BCUT2D eigenvalue weighted by Gasteiger charge is -2.02. The van der Waals surface area contributed by atoms with E-state index in [1.165, 1.54) is 24.3 Å². The lowest BCUT2D eigenvalue weighted by atomic mass is 10.2. The average molecular weight is 254 g/mol. The second kappa shape index (κ2) is 10.3. The van der Waals surface area contributed by atoms with Crippen LogP contribution in [0.1, 0.15) is 26.7 Å². The van der Waals surface area contributed by atoms with Crippen molar-refractivity contribution in [1.29, 1.82) is 0 Å². The third kappa shape index (κ3) is 9.33. The summed E-state index contributed by atoms with van der Waals surface area (Å²) in [5.74, 6) is -0.241. The van der Waals surface area contributed by atoms with Gasteiger partial charge in [0.05, 0.1) is 13.2 Å². The van der Waals surface area contributed by atoms with Crippen LogP contribution in [0, 0.1) is 0 Å². The molecular formula is C13H18O5. The average Bonchev–Trinajstić information content (AvgIpc) is 2.38. The molecule has 0 N–H and O–H groups in total. The zero-order valence-electron chi connectivity index (χ0n) is 10.7. The Balaban J connectivity index is 0.000000327. The summed E-state index contributed by atoms with van der Waals surface area (Å²) < 4.78 is 9.26. The van der Waals surface area contributed by atoms with Crippen LogP contribution in [0.4, 0.5) is 4.79 Å². The van der Waals surface area contributed by atoms with Crippen molar-refractivity contribution >= 4 is 17.7 Å². The minimum absolute atomic E-state index is 0.121. The lowest BCUT2D eigenvalue weighted by Crippen LogP contribution is -2.08. The van der Waals surface area contributed by atoms with Crippen molar-refractivity contribution in [3.05, 3.63) is 24.3 Å². The van der Waals surface area contributed by atoms with Crippen LogP contribution in [0.15, 0.2) is 24.3 Å². The molecule has 1 rings (SSSR count). The normalized spacial score (nSPS) is 12.8. The highest BCUT2D eigenvalue weighted by atomic mass is 16.7. The fraction of sp³-hybridized carbons (Fsp3) is 0.462. The summed E-state index contributed by atoms with van der Waals surface area (Å²) in [4.78, 5) is 31.1. The first kappa shape index (κ1) is 16.1. The fourth-order valence-electron chi connectivity index (χ4n) is 0.852. The van der Waals surface area contributed by atoms with E-state index in [0.717, 1.165) is 12.8 Å². The Labute approximate surface area is 106 Å². The standard InChI is InChI=1S/C7H14O3.C6H4O2/c1-3-5-9-7(8)10-6-4-2;7-5-1-2-6(8)4-3-5/h3-6H2,1-2H3;1-4H. The number of allylic oxidation sites excluding steroid dienone is 4. The van der Waals surface area contributed by atoms with Gasteiger partial charge in [0.1, 0.15) is 0 Å². The molecule has 0 radical (unpaired) electrons. The molecule has 0 aromatic rings. The summed E-state index contributed by atoms with van der Waals surface area (Å²) in [5.41, 5.74) is 0. The summed E-state index contributed by atoms with van der Waals surface area (Å²) in [7, 11) is 0. The Morgan fingerprint density at radius 2 is 1.22 bits per heavy atom. The van der Waals surface area contributed by atoms with E-state index < -0.39 is 6.16 Å². The molecule has 0 unspecified atom stereocenters. The Kier molecular flexibility index (Phi) is 9.17. The van der Waals surface area contributed by atoms with Gasteiger partial charge in [0.15, 0.2) is 11.6 Å². The minimum Gasteiger partial charge on any atom is -0.434 e. The topological polar surface area (TPSA) is 69.7 Å². The second-order valence-electron chi connectivity index (χ2n) is 3.42. The molecule has 0 aromatic heterocycles. The van der Waals surface area contributed by atoms with E-state index >= 15 is 0 Å². The SMILES string of the molecule is CCCOC(=O)OCCC.O=C1C=CC(=O)C=C1. The van der Waals surface area contributed by atoms with Crippen molar-refractivity contribution in [2.75, 3.05) is 13.2 Å². The van der Waals surface area contributed by atoms with E-state index in [4.69, 9.17) is 0 Å². The Morgan fingerprint density at radius 3 is 1.50 bits per heavy atom. The van der Waals surface area contributed by atoms with Crippen molar-refractivity contribution < 1.29 is 23.9 Å². The largest absolute Gasteiger partial charge is 0.508 e. The summed E-state index contributed by atoms with van der Waals surface area (Å²) >= 11 is 0. The third-order valence-corrected chi connectivity index (χ3v) is 1.67. The summed E-state index contributed by atoms with van der Waals surface area (Å²) in [6.45, 7) is 4.77. The molecule has 18 heavy (non-hydrogen) atoms. The number of rotatable bonds is 4. The van der Waals surface area contributed by atoms with Crippen LogP contribution in [0.2, 0.25) is 0 Å². The number of ketones is 2. The molecule has 5 heteroatoms. The van der Waals surface area contributed by atoms with Crippen molar-refractivity contribution in [2.45, 2.75) is 26.7 Å². The van der Waals surface area contributed by atoms with Crippen LogP contribution in [-0.2, 0) is 19.1 Å². The fourth-order valence-corrected chi connectivity index (χ4v) is 0.852. The van der Waals surface area contributed by atoms with Gasteiger partial charge in [0.25, 0.3) is 0 Å². The number of hydrogen-bond acceptors (Lipinski definition) is 5. The highest BCUT2D eigenvalue weighted by molar-refractivity contribution is 6.14. The van der Waals surface area contributed by atoms with E-state index in [9.17, 15) is 14.4 Å². The van der Waals surface area contributed by atoms with Crippen molar-refractivity contribution in [2.24, 2.45) is 0 Å². The van der Waals surface area contributed by atoms with Crippen LogP contribution < -0.4 is 0 Å². The molecule has 0 saturated heterocycles. The number of hydrogen-bond donors (Lipinski definition) is 0. The van der Waals surface area contributed by atoms with E-state index in [1.54, 1.807) is 0 Å².